The van der Waals surface area contributed by atoms with E-state index in [1.54, 1.807) is 19.0 Å². The molecular formula is C18H28N8+2. The van der Waals surface area contributed by atoms with Gasteiger partial charge in [0.2, 0.25) is 0 Å². The molecule has 0 fully saturated rings. The molecule has 8 nitrogen and oxygen atoms in total. The van der Waals surface area contributed by atoms with Gasteiger partial charge in [0.05, 0.1) is 45.8 Å². The molecule has 1 aromatic carbocycles. The molecule has 8 heteroatoms. The minimum absolute atomic E-state index is 0.158. The number of nitrogens with zero attached hydrogens (tertiary/aromatic N) is 8. The number of tetrazole rings is 2. The Morgan fingerprint density at radius 3 is 1.19 bits per heavy atom. The summed E-state index contributed by atoms with van der Waals surface area (Å²) < 4.78 is 3.60. The van der Waals surface area contributed by atoms with Crippen molar-refractivity contribution in [2.75, 3.05) is 0 Å². The normalized spacial score (nSPS) is 12.6. The van der Waals surface area contributed by atoms with Crippen LogP contribution >= 0.6 is 0 Å². The third-order valence-electron chi connectivity index (χ3n) is 4.03. The van der Waals surface area contributed by atoms with Crippen LogP contribution in [-0.4, -0.2) is 30.2 Å². The lowest BCUT2D eigenvalue weighted by Gasteiger charge is -2.07. The molecule has 0 amide bonds. The largest absolute Gasteiger partial charge is 0.329 e. The summed E-state index contributed by atoms with van der Waals surface area (Å²) in [6.07, 6.45) is 0. The summed E-state index contributed by atoms with van der Waals surface area (Å²) in [5.41, 5.74) is 1.71. The second-order valence-electron chi connectivity index (χ2n) is 8.57. The molecule has 3 rings (SSSR count). The van der Waals surface area contributed by atoms with E-state index in [9.17, 15) is 0 Å². The second-order valence-corrected chi connectivity index (χ2v) is 8.57. The highest BCUT2D eigenvalue weighted by molar-refractivity contribution is 5.60. The Balaban J connectivity index is 1.95. The Kier molecular flexibility index (Phi) is 4.17. The summed E-state index contributed by atoms with van der Waals surface area (Å²) in [6, 6.07) is 8.18. The summed E-state index contributed by atoms with van der Waals surface area (Å²) in [5, 5.41) is 18.2. The van der Waals surface area contributed by atoms with Gasteiger partial charge in [-0.2, -0.15) is 0 Å². The maximum atomic E-state index is 4.64. The van der Waals surface area contributed by atoms with E-state index in [1.807, 2.05) is 38.4 Å². The van der Waals surface area contributed by atoms with Gasteiger partial charge in [0, 0.05) is 0 Å². The topological polar surface area (TPSA) is 69.2 Å². The summed E-state index contributed by atoms with van der Waals surface area (Å²) in [5.74, 6) is 1.66. The van der Waals surface area contributed by atoms with Crippen LogP contribution in [0.4, 0.5) is 0 Å². The molecule has 0 bridgehead atoms. The van der Waals surface area contributed by atoms with E-state index < -0.39 is 0 Å². The molecule has 2 aromatic heterocycles. The predicted octanol–water partition coefficient (Wildman–Crippen LogP) is 1.36. The third-order valence-corrected chi connectivity index (χ3v) is 4.03. The summed E-state index contributed by atoms with van der Waals surface area (Å²) >= 11 is 0. The standard InChI is InChI=1S/C18H28N8/c1-17(2,3)25-19-15(23(7)21-25)13-9-11-14(12-10-13)16-20-26(18(4,5)6)22-24(16)8/h9-12H,1-8H3/q+2. The zero-order valence-corrected chi connectivity index (χ0v) is 16.9. The first-order valence-electron chi connectivity index (χ1n) is 8.76. The van der Waals surface area contributed by atoms with Crippen molar-refractivity contribution in [1.29, 1.82) is 0 Å². The highest BCUT2D eigenvalue weighted by Gasteiger charge is 2.29. The lowest BCUT2D eigenvalue weighted by atomic mass is 10.1. The first-order valence-corrected chi connectivity index (χ1v) is 8.76. The minimum Gasteiger partial charge on any atom is -0.136 e. The zero-order valence-electron chi connectivity index (χ0n) is 16.9. The lowest BCUT2D eigenvalue weighted by molar-refractivity contribution is -0.723. The summed E-state index contributed by atoms with van der Waals surface area (Å²) in [6.45, 7) is 12.5. The van der Waals surface area contributed by atoms with Gasteiger partial charge >= 0.3 is 11.6 Å². The fourth-order valence-electron chi connectivity index (χ4n) is 2.51. The molecule has 0 N–H and O–H groups in total. The lowest BCUT2D eigenvalue weighted by Crippen LogP contribution is -2.36. The molecule has 0 spiro atoms. The van der Waals surface area contributed by atoms with Crippen molar-refractivity contribution in [2.24, 2.45) is 14.1 Å². The molecule has 26 heavy (non-hydrogen) atoms. The maximum Gasteiger partial charge on any atom is 0.329 e. The van der Waals surface area contributed by atoms with Crippen LogP contribution in [0.5, 0.6) is 0 Å². The predicted molar refractivity (Wildman–Crippen MR) is 96.8 cm³/mol. The molecule has 0 aliphatic rings. The van der Waals surface area contributed by atoms with Crippen molar-refractivity contribution in [3.8, 4) is 22.8 Å². The Morgan fingerprint density at radius 1 is 0.654 bits per heavy atom. The van der Waals surface area contributed by atoms with E-state index in [1.165, 1.54) is 0 Å². The molecule has 3 aromatic rings. The number of hydrogen-bond acceptors (Lipinski definition) is 4. The van der Waals surface area contributed by atoms with Gasteiger partial charge in [-0.3, -0.25) is 0 Å². The quantitative estimate of drug-likeness (QED) is 0.650. The zero-order chi connectivity index (χ0) is 19.3. The highest BCUT2D eigenvalue weighted by atomic mass is 15.6. The highest BCUT2D eigenvalue weighted by Crippen LogP contribution is 2.20. The van der Waals surface area contributed by atoms with Crippen LogP contribution in [0.1, 0.15) is 41.5 Å². The van der Waals surface area contributed by atoms with Crippen molar-refractivity contribution >= 4 is 0 Å². The SMILES string of the molecule is C[n+]1nn(C(C)(C)C)nc1-c1ccc(-c2nn(C(C)(C)C)n[n+]2C)cc1. The van der Waals surface area contributed by atoms with Crippen molar-refractivity contribution < 1.29 is 9.36 Å². The van der Waals surface area contributed by atoms with Crippen LogP contribution in [0.3, 0.4) is 0 Å². The van der Waals surface area contributed by atoms with Crippen LogP contribution in [0, 0.1) is 0 Å². The number of aryl methyl sites for hydroxylation is 2. The van der Waals surface area contributed by atoms with Gasteiger partial charge in [0.15, 0.2) is 0 Å². The molecule has 0 saturated carbocycles. The number of hydrogen-bond donors (Lipinski definition) is 0. The molecule has 138 valence electrons. The van der Waals surface area contributed by atoms with Crippen molar-refractivity contribution in [3.05, 3.63) is 24.3 Å². The summed E-state index contributed by atoms with van der Waals surface area (Å²) in [4.78, 5) is 3.48. The number of benzene rings is 1. The van der Waals surface area contributed by atoms with Crippen LogP contribution in [0.2, 0.25) is 0 Å². The number of rotatable bonds is 2. The van der Waals surface area contributed by atoms with E-state index >= 15 is 0 Å². The fourth-order valence-corrected chi connectivity index (χ4v) is 2.51. The monoisotopic (exact) mass is 356 g/mol. The molecule has 0 aliphatic carbocycles. The van der Waals surface area contributed by atoms with E-state index in [4.69, 9.17) is 0 Å². The van der Waals surface area contributed by atoms with Crippen LogP contribution in [0.25, 0.3) is 22.8 Å². The minimum atomic E-state index is -0.158. The smallest absolute Gasteiger partial charge is 0.136 e. The van der Waals surface area contributed by atoms with Crippen molar-refractivity contribution in [1.82, 2.24) is 30.2 Å². The molecule has 0 radical (unpaired) electrons. The van der Waals surface area contributed by atoms with Gasteiger partial charge < -0.3 is 0 Å². The van der Waals surface area contributed by atoms with Gasteiger partial charge in [0.25, 0.3) is 0 Å². The second kappa shape index (κ2) is 5.96. The van der Waals surface area contributed by atoms with Crippen molar-refractivity contribution in [2.45, 2.75) is 52.6 Å². The van der Waals surface area contributed by atoms with E-state index in [-0.39, 0.29) is 11.1 Å². The average Bonchev–Trinajstić information content (AvgIpc) is 3.10. The van der Waals surface area contributed by atoms with Crippen molar-refractivity contribution in [3.63, 3.8) is 0 Å². The van der Waals surface area contributed by atoms with Gasteiger partial charge in [-0.25, -0.2) is 0 Å². The van der Waals surface area contributed by atoms with E-state index in [0.717, 1.165) is 22.8 Å². The molecule has 2 heterocycles. The first-order chi connectivity index (χ1) is 12.0. The molecule has 0 saturated heterocycles. The molecule has 0 aliphatic heterocycles. The summed E-state index contributed by atoms with van der Waals surface area (Å²) in [7, 11) is 3.82. The Morgan fingerprint density at radius 2 is 0.962 bits per heavy atom. The number of aromatic nitrogens is 8. The van der Waals surface area contributed by atoms with E-state index in [2.05, 4.69) is 62.2 Å². The Labute approximate surface area is 154 Å². The van der Waals surface area contributed by atoms with E-state index in [0.29, 0.717) is 0 Å². The third kappa shape index (κ3) is 3.36. The van der Waals surface area contributed by atoms with Crippen LogP contribution in [0.15, 0.2) is 24.3 Å². The fraction of sp³-hybridized carbons (Fsp3) is 0.556. The molecule has 0 atom stereocenters. The van der Waals surface area contributed by atoms with Crippen LogP contribution in [-0.2, 0) is 25.2 Å². The van der Waals surface area contributed by atoms with Gasteiger partial charge in [-0.05, 0) is 75.4 Å². The molecular weight excluding hydrogens is 328 g/mol. The Bertz CT molecular complexity index is 842. The van der Waals surface area contributed by atoms with Gasteiger partial charge in [-0.1, -0.05) is 0 Å². The maximum absolute atomic E-state index is 4.64. The first kappa shape index (κ1) is 18.2. The van der Waals surface area contributed by atoms with Gasteiger partial charge in [-0.15, -0.1) is 9.36 Å². The molecule has 0 unspecified atom stereocenters. The average molecular weight is 356 g/mol. The Hall–Kier alpha value is -2.64. The van der Waals surface area contributed by atoms with Crippen LogP contribution < -0.4 is 9.36 Å². The van der Waals surface area contributed by atoms with Gasteiger partial charge in [0.1, 0.15) is 11.1 Å².